The highest BCUT2D eigenvalue weighted by Crippen LogP contribution is 2.36. The van der Waals surface area contributed by atoms with Gasteiger partial charge >= 0.3 is 5.97 Å². The number of hydrogen-bond acceptors (Lipinski definition) is 8. The number of fused-ring (bicyclic) bond motifs is 1. The molecule has 0 saturated carbocycles. The van der Waals surface area contributed by atoms with Gasteiger partial charge in [-0.15, -0.1) is 0 Å². The van der Waals surface area contributed by atoms with Crippen molar-refractivity contribution in [2.24, 2.45) is 4.99 Å². The van der Waals surface area contributed by atoms with Gasteiger partial charge in [0.15, 0.2) is 4.80 Å². The van der Waals surface area contributed by atoms with Crippen LogP contribution in [-0.2, 0) is 9.53 Å². The van der Waals surface area contributed by atoms with Crippen LogP contribution in [0.15, 0.2) is 63.5 Å². The molecule has 206 valence electrons. The highest BCUT2D eigenvalue weighted by Gasteiger charge is 2.35. The first kappa shape index (κ1) is 28.2. The first-order chi connectivity index (χ1) is 18.8. The molecule has 0 aliphatic carbocycles. The highest BCUT2D eigenvalue weighted by atomic mass is 32.1. The van der Waals surface area contributed by atoms with Gasteiger partial charge in [-0.25, -0.2) is 9.79 Å². The summed E-state index contributed by atoms with van der Waals surface area (Å²) in [6, 6.07) is 12.2. The number of aromatic nitrogens is 1. The number of allylic oxidation sites excluding steroid dienone is 1. The Bertz CT molecular complexity index is 1570. The Hall–Kier alpha value is -3.85. The van der Waals surface area contributed by atoms with E-state index >= 15 is 0 Å². The van der Waals surface area contributed by atoms with Gasteiger partial charge < -0.3 is 18.9 Å². The minimum Gasteiger partial charge on any atom is -0.494 e. The van der Waals surface area contributed by atoms with Crippen LogP contribution in [0.4, 0.5) is 0 Å². The van der Waals surface area contributed by atoms with E-state index in [9.17, 15) is 9.59 Å². The lowest BCUT2D eigenvalue weighted by Gasteiger charge is -2.26. The number of rotatable bonds is 10. The molecule has 8 nitrogen and oxygen atoms in total. The van der Waals surface area contributed by atoms with Gasteiger partial charge in [-0.05, 0) is 65.8 Å². The van der Waals surface area contributed by atoms with Crippen molar-refractivity contribution in [1.29, 1.82) is 0 Å². The summed E-state index contributed by atoms with van der Waals surface area (Å²) >= 11 is 1.26. The standard InChI is InChI=1S/C30H34N2O6S/c1-7-35-21-15-14-20(24(17-21)36-8-2)16-25-28(33)32-27(22-12-10-11-13-23(22)38-18(4)5)26(29(34)37-9-3)19(6)31-30(32)39-25/h10-18,27H,7-9H2,1-6H3/b25-16-/t27-/m0/s1. The molecule has 2 heterocycles. The number of ether oxygens (including phenoxy) is 4. The SMILES string of the molecule is CCOC(=O)C1=C(C)N=c2s/c(=C\c3ccc(OCC)cc3OCC)c(=O)n2[C@H]1c1ccccc1OC(C)C. The van der Waals surface area contributed by atoms with Gasteiger partial charge in [0.25, 0.3) is 5.56 Å². The Morgan fingerprint density at radius 2 is 1.79 bits per heavy atom. The number of benzene rings is 2. The van der Waals surface area contributed by atoms with Crippen LogP contribution >= 0.6 is 11.3 Å². The van der Waals surface area contributed by atoms with Gasteiger partial charge in [-0.3, -0.25) is 9.36 Å². The van der Waals surface area contributed by atoms with Crippen molar-refractivity contribution >= 4 is 23.4 Å². The van der Waals surface area contributed by atoms with E-state index in [2.05, 4.69) is 4.99 Å². The largest absolute Gasteiger partial charge is 0.494 e. The van der Waals surface area contributed by atoms with Crippen LogP contribution in [0, 0.1) is 0 Å². The zero-order chi connectivity index (χ0) is 28.1. The Morgan fingerprint density at radius 1 is 1.05 bits per heavy atom. The van der Waals surface area contributed by atoms with Gasteiger partial charge in [0, 0.05) is 17.2 Å². The molecule has 1 aromatic heterocycles. The quantitative estimate of drug-likeness (QED) is 0.348. The fourth-order valence-corrected chi connectivity index (χ4v) is 5.50. The number of carbonyl (C=O) groups is 1. The fraction of sp³-hybridized carbons (Fsp3) is 0.367. The third-order valence-corrected chi connectivity index (χ3v) is 6.96. The van der Waals surface area contributed by atoms with E-state index in [-0.39, 0.29) is 18.3 Å². The lowest BCUT2D eigenvalue weighted by molar-refractivity contribution is -0.139. The summed E-state index contributed by atoms with van der Waals surface area (Å²) in [5.74, 6) is 1.39. The van der Waals surface area contributed by atoms with Crippen LogP contribution in [0.25, 0.3) is 6.08 Å². The van der Waals surface area contributed by atoms with Gasteiger partial charge in [0.2, 0.25) is 0 Å². The number of hydrogen-bond donors (Lipinski definition) is 0. The van der Waals surface area contributed by atoms with Crippen LogP contribution in [0.1, 0.15) is 58.7 Å². The second-order valence-electron chi connectivity index (χ2n) is 9.07. The van der Waals surface area contributed by atoms with Crippen LogP contribution in [0.3, 0.4) is 0 Å². The van der Waals surface area contributed by atoms with E-state index in [1.165, 1.54) is 11.3 Å². The second kappa shape index (κ2) is 12.3. The minimum absolute atomic E-state index is 0.102. The fourth-order valence-electron chi connectivity index (χ4n) is 4.47. The Kier molecular flexibility index (Phi) is 8.91. The molecule has 0 spiro atoms. The van der Waals surface area contributed by atoms with E-state index in [0.717, 1.165) is 5.56 Å². The molecule has 3 aromatic rings. The third-order valence-electron chi connectivity index (χ3n) is 5.98. The van der Waals surface area contributed by atoms with Crippen molar-refractivity contribution in [2.75, 3.05) is 19.8 Å². The summed E-state index contributed by atoms with van der Waals surface area (Å²) in [4.78, 5) is 32.4. The molecular formula is C30H34N2O6S. The maximum Gasteiger partial charge on any atom is 0.338 e. The molecule has 4 rings (SSSR count). The molecule has 1 aliphatic heterocycles. The summed E-state index contributed by atoms with van der Waals surface area (Å²) in [6.07, 6.45) is 1.69. The lowest BCUT2D eigenvalue weighted by atomic mass is 9.95. The van der Waals surface area contributed by atoms with Crippen LogP contribution < -0.4 is 29.1 Å². The van der Waals surface area contributed by atoms with Crippen molar-refractivity contribution in [2.45, 2.75) is 53.7 Å². The van der Waals surface area contributed by atoms with Crippen molar-refractivity contribution in [3.05, 3.63) is 84.5 Å². The molecule has 1 atom stereocenters. The Morgan fingerprint density at radius 3 is 2.49 bits per heavy atom. The van der Waals surface area contributed by atoms with E-state index in [1.807, 2.05) is 70.2 Å². The van der Waals surface area contributed by atoms with Crippen LogP contribution in [0.2, 0.25) is 0 Å². The number of thiazole rings is 1. The second-order valence-corrected chi connectivity index (χ2v) is 10.1. The van der Waals surface area contributed by atoms with Crippen LogP contribution in [0.5, 0.6) is 17.2 Å². The number of esters is 1. The van der Waals surface area contributed by atoms with Gasteiger partial charge in [-0.2, -0.15) is 0 Å². The zero-order valence-electron chi connectivity index (χ0n) is 23.1. The average molecular weight is 551 g/mol. The molecule has 0 radical (unpaired) electrons. The normalized spacial score (nSPS) is 15.2. The topological polar surface area (TPSA) is 88.4 Å². The monoisotopic (exact) mass is 550 g/mol. The van der Waals surface area contributed by atoms with Crippen LogP contribution in [-0.4, -0.2) is 36.5 Å². The summed E-state index contributed by atoms with van der Waals surface area (Å²) in [5.41, 5.74) is 1.97. The average Bonchev–Trinajstić information content (AvgIpc) is 3.19. The van der Waals surface area contributed by atoms with Gasteiger partial charge in [0.1, 0.15) is 23.3 Å². The van der Waals surface area contributed by atoms with Crippen molar-refractivity contribution < 1.29 is 23.7 Å². The molecule has 1 aliphatic rings. The molecule has 0 saturated heterocycles. The molecular weight excluding hydrogens is 516 g/mol. The van der Waals surface area contributed by atoms with Crippen molar-refractivity contribution in [3.8, 4) is 17.2 Å². The molecule has 0 fully saturated rings. The number of carbonyl (C=O) groups excluding carboxylic acids is 1. The number of nitrogens with zero attached hydrogens (tertiary/aromatic N) is 2. The Balaban J connectivity index is 1.95. The first-order valence-electron chi connectivity index (χ1n) is 13.1. The molecule has 0 N–H and O–H groups in total. The molecule has 2 aromatic carbocycles. The zero-order valence-corrected chi connectivity index (χ0v) is 24.0. The van der Waals surface area contributed by atoms with E-state index in [1.54, 1.807) is 24.5 Å². The molecule has 0 amide bonds. The minimum atomic E-state index is -0.760. The predicted molar refractivity (Wildman–Crippen MR) is 151 cm³/mol. The predicted octanol–water partition coefficient (Wildman–Crippen LogP) is 4.38. The van der Waals surface area contributed by atoms with Gasteiger partial charge in [-0.1, -0.05) is 29.5 Å². The van der Waals surface area contributed by atoms with Gasteiger partial charge in [0.05, 0.1) is 41.7 Å². The molecule has 9 heteroatoms. The maximum atomic E-state index is 14.0. The molecule has 0 unspecified atom stereocenters. The summed E-state index contributed by atoms with van der Waals surface area (Å²) < 4.78 is 25.0. The van der Waals surface area contributed by atoms with E-state index < -0.39 is 12.0 Å². The summed E-state index contributed by atoms with van der Waals surface area (Å²) in [6.45, 7) is 12.4. The highest BCUT2D eigenvalue weighted by molar-refractivity contribution is 7.07. The molecule has 0 bridgehead atoms. The molecule has 39 heavy (non-hydrogen) atoms. The summed E-state index contributed by atoms with van der Waals surface area (Å²) in [5, 5.41) is 0. The van der Waals surface area contributed by atoms with Crippen molar-refractivity contribution in [3.63, 3.8) is 0 Å². The summed E-state index contributed by atoms with van der Waals surface area (Å²) in [7, 11) is 0. The third kappa shape index (κ3) is 5.93. The van der Waals surface area contributed by atoms with E-state index in [4.69, 9.17) is 18.9 Å². The number of para-hydroxylation sites is 1. The Labute approximate surface area is 231 Å². The lowest BCUT2D eigenvalue weighted by Crippen LogP contribution is -2.40. The van der Waals surface area contributed by atoms with E-state index in [0.29, 0.717) is 56.6 Å². The van der Waals surface area contributed by atoms with Crippen molar-refractivity contribution in [1.82, 2.24) is 4.57 Å². The maximum absolute atomic E-state index is 14.0. The smallest absolute Gasteiger partial charge is 0.338 e. The first-order valence-corrected chi connectivity index (χ1v) is 13.9.